The smallest absolute Gasteiger partial charge is 0.251 e. The molecule has 1 rings (SSSR count). The summed E-state index contributed by atoms with van der Waals surface area (Å²) in [4.78, 5) is 14.3. The SMILES string of the molecule is CN(C)CC(C)(C)CNC(=O)c1cccc(CS(C)(=O)=O)c1. The van der Waals surface area contributed by atoms with Crippen molar-refractivity contribution in [2.45, 2.75) is 19.6 Å². The van der Waals surface area contributed by atoms with Crippen LogP contribution < -0.4 is 5.32 Å². The molecule has 1 N–H and O–H groups in total. The lowest BCUT2D eigenvalue weighted by Gasteiger charge is -2.28. The first-order valence-electron chi connectivity index (χ1n) is 7.18. The molecule has 0 spiro atoms. The van der Waals surface area contributed by atoms with E-state index in [-0.39, 0.29) is 17.1 Å². The van der Waals surface area contributed by atoms with Gasteiger partial charge >= 0.3 is 0 Å². The summed E-state index contributed by atoms with van der Waals surface area (Å²) in [5, 5.41) is 2.92. The number of benzene rings is 1. The van der Waals surface area contributed by atoms with E-state index in [1.54, 1.807) is 24.3 Å². The van der Waals surface area contributed by atoms with Crippen molar-refractivity contribution in [3.8, 4) is 0 Å². The second-order valence-corrected chi connectivity index (χ2v) is 9.00. The Morgan fingerprint density at radius 2 is 1.91 bits per heavy atom. The van der Waals surface area contributed by atoms with Crippen molar-refractivity contribution < 1.29 is 13.2 Å². The summed E-state index contributed by atoms with van der Waals surface area (Å²) >= 11 is 0. The van der Waals surface area contributed by atoms with E-state index in [9.17, 15) is 13.2 Å². The summed E-state index contributed by atoms with van der Waals surface area (Å²) in [6.45, 7) is 5.60. The number of hydrogen-bond acceptors (Lipinski definition) is 4. The van der Waals surface area contributed by atoms with Crippen LogP contribution in [0.15, 0.2) is 24.3 Å². The molecule has 0 atom stereocenters. The number of carbonyl (C=O) groups is 1. The molecule has 124 valence electrons. The first-order chi connectivity index (χ1) is 9.98. The fourth-order valence-electron chi connectivity index (χ4n) is 2.44. The van der Waals surface area contributed by atoms with Gasteiger partial charge in [0.2, 0.25) is 0 Å². The molecule has 0 bridgehead atoms. The Balaban J connectivity index is 2.72. The molecule has 1 aromatic rings. The van der Waals surface area contributed by atoms with Crippen LogP contribution in [0, 0.1) is 5.41 Å². The van der Waals surface area contributed by atoms with E-state index < -0.39 is 9.84 Å². The lowest BCUT2D eigenvalue weighted by Crippen LogP contribution is -2.40. The Kier molecular flexibility index (Phi) is 6.14. The molecular weight excluding hydrogens is 300 g/mol. The Hall–Kier alpha value is -1.40. The van der Waals surface area contributed by atoms with Crippen LogP contribution in [0.1, 0.15) is 29.8 Å². The molecule has 0 radical (unpaired) electrons. The van der Waals surface area contributed by atoms with Crippen LogP contribution >= 0.6 is 0 Å². The maximum Gasteiger partial charge on any atom is 0.251 e. The summed E-state index contributed by atoms with van der Waals surface area (Å²) in [5.41, 5.74) is 1.08. The van der Waals surface area contributed by atoms with E-state index in [2.05, 4.69) is 24.1 Å². The van der Waals surface area contributed by atoms with Crippen molar-refractivity contribution in [2.75, 3.05) is 33.4 Å². The summed E-state index contributed by atoms with van der Waals surface area (Å²) in [7, 11) is 0.891. The molecule has 0 aliphatic rings. The van der Waals surface area contributed by atoms with Crippen LogP contribution in [0.2, 0.25) is 0 Å². The highest BCUT2D eigenvalue weighted by atomic mass is 32.2. The van der Waals surface area contributed by atoms with Gasteiger partial charge in [-0.1, -0.05) is 26.0 Å². The number of nitrogens with zero attached hydrogens (tertiary/aromatic N) is 1. The predicted molar refractivity (Wildman–Crippen MR) is 89.7 cm³/mol. The van der Waals surface area contributed by atoms with Gasteiger partial charge in [0.25, 0.3) is 5.91 Å². The minimum absolute atomic E-state index is 0.0382. The molecule has 0 saturated heterocycles. The zero-order valence-corrected chi connectivity index (χ0v) is 14.8. The number of rotatable bonds is 7. The van der Waals surface area contributed by atoms with Gasteiger partial charge in [-0.05, 0) is 37.2 Å². The van der Waals surface area contributed by atoms with E-state index in [1.165, 1.54) is 6.26 Å². The normalized spacial score (nSPS) is 12.5. The van der Waals surface area contributed by atoms with Crippen LogP contribution in [-0.4, -0.2) is 52.7 Å². The fraction of sp³-hybridized carbons (Fsp3) is 0.562. The summed E-state index contributed by atoms with van der Waals surface area (Å²) in [6.07, 6.45) is 1.18. The van der Waals surface area contributed by atoms with Gasteiger partial charge in [0, 0.05) is 24.9 Å². The van der Waals surface area contributed by atoms with Gasteiger partial charge in [-0.15, -0.1) is 0 Å². The quantitative estimate of drug-likeness (QED) is 0.825. The summed E-state index contributed by atoms with van der Waals surface area (Å²) < 4.78 is 22.7. The third-order valence-electron chi connectivity index (χ3n) is 3.09. The molecule has 0 aliphatic heterocycles. The van der Waals surface area contributed by atoms with Crippen LogP contribution in [0.3, 0.4) is 0 Å². The Labute approximate surface area is 133 Å². The van der Waals surface area contributed by atoms with Crippen LogP contribution in [0.5, 0.6) is 0 Å². The predicted octanol–water partition coefficient (Wildman–Crippen LogP) is 1.55. The lowest BCUT2D eigenvalue weighted by atomic mass is 9.93. The Morgan fingerprint density at radius 1 is 1.27 bits per heavy atom. The van der Waals surface area contributed by atoms with Crippen LogP contribution in [0.25, 0.3) is 0 Å². The zero-order valence-electron chi connectivity index (χ0n) is 14.0. The number of sulfone groups is 1. The molecule has 0 saturated carbocycles. The number of carbonyl (C=O) groups excluding carboxylic acids is 1. The number of amides is 1. The highest BCUT2D eigenvalue weighted by Gasteiger charge is 2.20. The van der Waals surface area contributed by atoms with Gasteiger partial charge in [0.15, 0.2) is 9.84 Å². The van der Waals surface area contributed by atoms with E-state index in [0.717, 1.165) is 6.54 Å². The van der Waals surface area contributed by atoms with E-state index in [0.29, 0.717) is 17.7 Å². The van der Waals surface area contributed by atoms with Crippen molar-refractivity contribution in [3.63, 3.8) is 0 Å². The summed E-state index contributed by atoms with van der Waals surface area (Å²) in [5.74, 6) is -0.234. The molecule has 0 aromatic heterocycles. The second-order valence-electron chi connectivity index (χ2n) is 6.86. The van der Waals surface area contributed by atoms with Gasteiger partial charge in [-0.3, -0.25) is 4.79 Å². The van der Waals surface area contributed by atoms with E-state index in [4.69, 9.17) is 0 Å². The molecule has 0 fully saturated rings. The van der Waals surface area contributed by atoms with Crippen molar-refractivity contribution in [2.24, 2.45) is 5.41 Å². The maximum absolute atomic E-state index is 12.2. The summed E-state index contributed by atoms with van der Waals surface area (Å²) in [6, 6.07) is 6.75. The minimum Gasteiger partial charge on any atom is -0.351 e. The molecule has 0 unspecified atom stereocenters. The molecule has 22 heavy (non-hydrogen) atoms. The van der Waals surface area contributed by atoms with Crippen molar-refractivity contribution >= 4 is 15.7 Å². The largest absolute Gasteiger partial charge is 0.351 e. The molecule has 0 aliphatic carbocycles. The van der Waals surface area contributed by atoms with Gasteiger partial charge < -0.3 is 10.2 Å². The highest BCUT2D eigenvalue weighted by Crippen LogP contribution is 2.15. The Morgan fingerprint density at radius 3 is 2.45 bits per heavy atom. The number of nitrogens with one attached hydrogen (secondary N) is 1. The van der Waals surface area contributed by atoms with Crippen molar-refractivity contribution in [1.82, 2.24) is 10.2 Å². The molecule has 1 aromatic carbocycles. The lowest BCUT2D eigenvalue weighted by molar-refractivity contribution is 0.0929. The molecule has 6 heteroatoms. The number of hydrogen-bond donors (Lipinski definition) is 1. The Bertz CT molecular complexity index is 622. The molecular formula is C16H26N2O3S. The maximum atomic E-state index is 12.2. The minimum atomic E-state index is -3.11. The molecule has 0 heterocycles. The first kappa shape index (κ1) is 18.6. The highest BCUT2D eigenvalue weighted by molar-refractivity contribution is 7.89. The second kappa shape index (κ2) is 7.24. The van der Waals surface area contributed by atoms with Gasteiger partial charge in [0.1, 0.15) is 0 Å². The van der Waals surface area contributed by atoms with Crippen LogP contribution in [-0.2, 0) is 15.6 Å². The monoisotopic (exact) mass is 326 g/mol. The molecule has 1 amide bonds. The van der Waals surface area contributed by atoms with Crippen molar-refractivity contribution in [1.29, 1.82) is 0 Å². The van der Waals surface area contributed by atoms with Crippen molar-refractivity contribution in [3.05, 3.63) is 35.4 Å². The fourth-order valence-corrected chi connectivity index (χ4v) is 3.22. The topological polar surface area (TPSA) is 66.5 Å². The van der Waals surface area contributed by atoms with Gasteiger partial charge in [-0.2, -0.15) is 0 Å². The third kappa shape index (κ3) is 7.04. The van der Waals surface area contributed by atoms with Crippen LogP contribution in [0.4, 0.5) is 0 Å². The third-order valence-corrected chi connectivity index (χ3v) is 3.95. The van der Waals surface area contributed by atoms with E-state index in [1.807, 2.05) is 14.1 Å². The standard InChI is InChI=1S/C16H26N2O3S/c1-16(2,12-18(3)4)11-17-15(19)14-8-6-7-13(9-14)10-22(5,20)21/h6-9H,10-12H2,1-5H3,(H,17,19). The molecule has 5 nitrogen and oxygen atoms in total. The zero-order chi connectivity index (χ0) is 17.0. The first-order valence-corrected chi connectivity index (χ1v) is 9.24. The average molecular weight is 326 g/mol. The average Bonchev–Trinajstić information content (AvgIpc) is 2.32. The van der Waals surface area contributed by atoms with E-state index >= 15 is 0 Å². The van der Waals surface area contributed by atoms with Gasteiger partial charge in [0.05, 0.1) is 5.75 Å². The van der Waals surface area contributed by atoms with Gasteiger partial charge in [-0.25, -0.2) is 8.42 Å².